The van der Waals surface area contributed by atoms with Crippen LogP contribution in [0.1, 0.15) is 43.1 Å². The van der Waals surface area contributed by atoms with Gasteiger partial charge in [0.25, 0.3) is 5.84 Å². The molecule has 2 aromatic rings. The van der Waals surface area contributed by atoms with Crippen molar-refractivity contribution in [2.45, 2.75) is 43.9 Å². The zero-order chi connectivity index (χ0) is 29.3. The van der Waals surface area contributed by atoms with E-state index in [9.17, 15) is 31.2 Å². The number of alkyl halides is 3. The first kappa shape index (κ1) is 32.0. The number of amidine groups is 1. The number of amides is 1. The van der Waals surface area contributed by atoms with Crippen LogP contribution in [0.4, 0.5) is 18.9 Å². The number of hydrogen-bond acceptors (Lipinski definition) is 7. The molecule has 15 heteroatoms. The average molecular weight is 561 g/mol. The summed E-state index contributed by atoms with van der Waals surface area (Å²) in [7, 11) is -3.79. The van der Waals surface area contributed by atoms with Crippen molar-refractivity contribution >= 4 is 39.4 Å². The highest BCUT2D eigenvalue weighted by atomic mass is 32.2. The van der Waals surface area contributed by atoms with E-state index in [0.717, 1.165) is 0 Å². The van der Waals surface area contributed by atoms with Gasteiger partial charge in [0.05, 0.1) is 16.0 Å². The van der Waals surface area contributed by atoms with Crippen LogP contribution in [-0.2, 0) is 24.3 Å². The maximum atomic E-state index is 12.3. The summed E-state index contributed by atoms with van der Waals surface area (Å²) >= 11 is 0. The quantitative estimate of drug-likeness (QED) is 0.192. The van der Waals surface area contributed by atoms with Crippen LogP contribution < -0.4 is 26.3 Å². The second-order valence-corrected chi connectivity index (χ2v) is 10.3. The highest BCUT2D eigenvalue weighted by molar-refractivity contribution is 7.89. The first-order chi connectivity index (χ1) is 17.3. The van der Waals surface area contributed by atoms with E-state index in [0.29, 0.717) is 16.8 Å². The number of carboxylic acids is 1. The van der Waals surface area contributed by atoms with Gasteiger partial charge in [-0.2, -0.15) is 13.2 Å². The van der Waals surface area contributed by atoms with Gasteiger partial charge >= 0.3 is 12.1 Å². The van der Waals surface area contributed by atoms with Gasteiger partial charge in [0, 0.05) is 18.7 Å². The maximum absolute atomic E-state index is 12.3. The molecule has 2 rings (SSSR count). The number of carboxylic acid groups (broad SMARTS) is 1. The molecule has 0 bridgehead atoms. The number of carbonyl (C=O) groups is 3. The van der Waals surface area contributed by atoms with Gasteiger partial charge in [-0.1, -0.05) is 6.07 Å². The smallest absolute Gasteiger partial charge is 0.430 e. The van der Waals surface area contributed by atoms with Crippen LogP contribution in [-0.4, -0.2) is 50.4 Å². The highest BCUT2D eigenvalue weighted by Gasteiger charge is 2.28. The summed E-state index contributed by atoms with van der Waals surface area (Å²) in [5, 5.41) is 16.9. The lowest BCUT2D eigenvalue weighted by Gasteiger charge is -2.19. The fraction of sp³-hybridized carbons (Fsp3) is 0.304. The Hall–Kier alpha value is -3.98. The molecule has 0 heterocycles. The molecule has 208 valence electrons. The number of sulfonamides is 1. The molecule has 6 N–H and O–H groups in total. The standard InChI is InChI=1S/C21H26N4O5S.C2HF3O2/c1-21(2,3)30-20(27)15-5-4-6-16(13-15)25-18(26)11-12-24-31(28,29)17-9-7-14(8-10-17)19(22)23;3-2(4,5)1(6)7/h4-10,13,24H,11-12H2,1-3H3,(H3,22,23)(H,25,26);(H,6,7). The number of esters is 1. The summed E-state index contributed by atoms with van der Waals surface area (Å²) in [5.41, 5.74) is 6.05. The minimum Gasteiger partial charge on any atom is -0.542 e. The van der Waals surface area contributed by atoms with Crippen LogP contribution in [0.3, 0.4) is 0 Å². The lowest BCUT2D eigenvalue weighted by atomic mass is 10.1. The van der Waals surface area contributed by atoms with Crippen molar-refractivity contribution in [1.82, 2.24) is 4.72 Å². The van der Waals surface area contributed by atoms with E-state index in [2.05, 4.69) is 10.0 Å². The zero-order valence-electron chi connectivity index (χ0n) is 20.6. The Labute approximate surface area is 216 Å². The first-order valence-corrected chi connectivity index (χ1v) is 12.2. The number of rotatable bonds is 8. The molecule has 0 fully saturated rings. The Morgan fingerprint density at radius 1 is 1.03 bits per heavy atom. The zero-order valence-corrected chi connectivity index (χ0v) is 21.4. The molecule has 0 aliphatic heterocycles. The molecule has 2 aromatic carbocycles. The average Bonchev–Trinajstić information content (AvgIpc) is 2.78. The molecule has 0 spiro atoms. The molecule has 1 amide bonds. The summed E-state index contributed by atoms with van der Waals surface area (Å²) in [5.74, 6) is -3.84. The van der Waals surface area contributed by atoms with Crippen LogP contribution >= 0.6 is 0 Å². The van der Waals surface area contributed by atoms with Gasteiger partial charge < -0.3 is 20.0 Å². The number of benzene rings is 2. The summed E-state index contributed by atoms with van der Waals surface area (Å²) in [4.78, 5) is 33.1. The molecule has 0 aliphatic rings. The number of hydrogen-bond donors (Lipinski definition) is 4. The van der Waals surface area contributed by atoms with Crippen LogP contribution in [0.15, 0.2) is 53.4 Å². The fourth-order valence-electron chi connectivity index (χ4n) is 2.49. The van der Waals surface area contributed by atoms with Gasteiger partial charge in [-0.3, -0.25) is 15.9 Å². The molecule has 0 atom stereocenters. The van der Waals surface area contributed by atoms with E-state index in [1.165, 1.54) is 30.3 Å². The fourth-order valence-corrected chi connectivity index (χ4v) is 3.53. The summed E-state index contributed by atoms with van der Waals surface area (Å²) in [6.45, 7) is 5.18. The number of anilines is 1. The Morgan fingerprint density at radius 2 is 1.58 bits per heavy atom. The van der Waals surface area contributed by atoms with Crippen molar-refractivity contribution in [3.8, 4) is 0 Å². The van der Waals surface area contributed by atoms with Crippen molar-refractivity contribution < 1.29 is 51.2 Å². The van der Waals surface area contributed by atoms with Crippen molar-refractivity contribution in [2.75, 3.05) is 11.9 Å². The third kappa shape index (κ3) is 11.4. The third-order valence-electron chi connectivity index (χ3n) is 4.15. The minimum atomic E-state index is -5.19. The third-order valence-corrected chi connectivity index (χ3v) is 5.63. The largest absolute Gasteiger partial charge is 0.542 e. The minimum absolute atomic E-state index is 0.0305. The molecule has 0 radical (unpaired) electrons. The lowest BCUT2D eigenvalue weighted by molar-refractivity contribution is -0.344. The van der Waals surface area contributed by atoms with Crippen LogP contribution in [0.2, 0.25) is 0 Å². The molecule has 0 saturated carbocycles. The number of nitrogens with two attached hydrogens (primary N) is 2. The lowest BCUT2D eigenvalue weighted by Crippen LogP contribution is -2.46. The Balaban J connectivity index is 0.000000905. The summed E-state index contributed by atoms with van der Waals surface area (Å²) in [6, 6.07) is 12.1. The highest BCUT2D eigenvalue weighted by Crippen LogP contribution is 2.16. The second kappa shape index (κ2) is 13.0. The van der Waals surface area contributed by atoms with Crippen LogP contribution in [0.5, 0.6) is 0 Å². The summed E-state index contributed by atoms with van der Waals surface area (Å²) in [6.07, 6.45) is -5.29. The van der Waals surface area contributed by atoms with Gasteiger partial charge in [-0.25, -0.2) is 17.9 Å². The number of ether oxygens (including phenoxy) is 1. The molecular weight excluding hydrogens is 533 g/mol. The molecule has 0 saturated heterocycles. The summed E-state index contributed by atoms with van der Waals surface area (Å²) < 4.78 is 63.9. The first-order valence-electron chi connectivity index (χ1n) is 10.7. The van der Waals surface area contributed by atoms with Crippen LogP contribution in [0, 0.1) is 0 Å². The normalized spacial score (nSPS) is 11.5. The number of carbonyl (C=O) groups excluding carboxylic acids is 3. The molecule has 11 nitrogen and oxygen atoms in total. The van der Waals surface area contributed by atoms with E-state index in [1.54, 1.807) is 39.0 Å². The topological polar surface area (TPSA) is 193 Å². The maximum Gasteiger partial charge on any atom is 0.430 e. The number of halogens is 3. The molecule has 0 aromatic heterocycles. The second-order valence-electron chi connectivity index (χ2n) is 8.54. The SMILES string of the molecule is CC(C)(C)OC(=O)c1cccc(NC(=O)CCNS(=O)(=O)c2ccc(C(N)=[NH2+])cc2)c1.O=C([O-])C(F)(F)F. The van der Waals surface area contributed by atoms with Gasteiger partial charge in [0.1, 0.15) is 11.6 Å². The Bertz CT molecular complexity index is 1270. The van der Waals surface area contributed by atoms with E-state index in [1.807, 2.05) is 0 Å². The predicted octanol–water partition coefficient (Wildman–Crippen LogP) is -0.288. The van der Waals surface area contributed by atoms with Crippen molar-refractivity contribution in [1.29, 1.82) is 0 Å². The van der Waals surface area contributed by atoms with Crippen LogP contribution in [0.25, 0.3) is 0 Å². The van der Waals surface area contributed by atoms with Gasteiger partial charge in [0.2, 0.25) is 15.9 Å². The Morgan fingerprint density at radius 3 is 2.05 bits per heavy atom. The monoisotopic (exact) mass is 560 g/mol. The van der Waals surface area contributed by atoms with Gasteiger partial charge in [0.15, 0.2) is 0 Å². The van der Waals surface area contributed by atoms with E-state index in [4.69, 9.17) is 25.8 Å². The molecule has 0 unspecified atom stereocenters. The van der Waals surface area contributed by atoms with Gasteiger partial charge in [-0.05, 0) is 63.2 Å². The number of aliphatic carboxylic acids is 1. The van der Waals surface area contributed by atoms with E-state index in [-0.39, 0.29) is 23.7 Å². The van der Waals surface area contributed by atoms with Crippen molar-refractivity contribution in [2.24, 2.45) is 5.73 Å². The molecule has 38 heavy (non-hydrogen) atoms. The predicted molar refractivity (Wildman–Crippen MR) is 128 cm³/mol. The van der Waals surface area contributed by atoms with E-state index < -0.39 is 39.6 Å². The molecule has 0 aliphatic carbocycles. The van der Waals surface area contributed by atoms with Crippen molar-refractivity contribution in [3.63, 3.8) is 0 Å². The van der Waals surface area contributed by atoms with Gasteiger partial charge in [-0.15, -0.1) is 0 Å². The van der Waals surface area contributed by atoms with Crippen molar-refractivity contribution in [3.05, 3.63) is 59.7 Å². The number of nitrogens with one attached hydrogen (secondary N) is 2. The molecular formula is C23H27F3N4O7S. The van der Waals surface area contributed by atoms with E-state index >= 15 is 0 Å². The Kier molecular flexibility index (Phi) is 11.0.